The van der Waals surface area contributed by atoms with Gasteiger partial charge in [-0.15, -0.1) is 0 Å². The van der Waals surface area contributed by atoms with Gasteiger partial charge in [-0.2, -0.15) is 13.7 Å². The van der Waals surface area contributed by atoms with Crippen LogP contribution in [0.2, 0.25) is 10.0 Å². The van der Waals surface area contributed by atoms with Gasteiger partial charge in [0.15, 0.2) is 0 Å². The molecule has 178 valence electrons. The topological polar surface area (TPSA) is 139 Å². The van der Waals surface area contributed by atoms with Crippen LogP contribution in [0.3, 0.4) is 0 Å². The van der Waals surface area contributed by atoms with Crippen LogP contribution in [0, 0.1) is 21.4 Å². The van der Waals surface area contributed by atoms with Crippen molar-refractivity contribution in [3.63, 3.8) is 0 Å². The molecule has 35 heavy (non-hydrogen) atoms. The van der Waals surface area contributed by atoms with Crippen LogP contribution in [-0.4, -0.2) is 19.2 Å². The first kappa shape index (κ1) is 26.2. The fourth-order valence-electron chi connectivity index (χ4n) is 2.70. The first-order valence-electron chi connectivity index (χ1n) is 9.37. The summed E-state index contributed by atoms with van der Waals surface area (Å²) < 4.78 is 31.2. The Labute approximate surface area is 217 Å². The minimum absolute atomic E-state index is 0.0838. The Morgan fingerprint density at radius 3 is 2.46 bits per heavy atom. The predicted octanol–water partition coefficient (Wildman–Crippen LogP) is 5.98. The molecule has 0 bridgehead atoms. The number of benzene rings is 3. The number of non-ortho nitro benzene ring substituents is 1. The summed E-state index contributed by atoms with van der Waals surface area (Å²) >= 11 is 15.3. The fourth-order valence-corrected chi connectivity index (χ4v) is 4.38. The highest BCUT2D eigenvalue weighted by Crippen LogP contribution is 2.31. The van der Waals surface area contributed by atoms with Crippen molar-refractivity contribution in [2.45, 2.75) is 4.90 Å². The number of nitro benzene ring substituents is 1. The number of nitrogens with zero attached hydrogens (tertiary/aromatic N) is 2. The summed E-state index contributed by atoms with van der Waals surface area (Å²) in [7, 11) is -4.40. The number of nitrogens with one attached hydrogen (secondary N) is 1. The normalized spacial score (nSPS) is 11.4. The quantitative estimate of drug-likeness (QED) is 0.116. The minimum Gasteiger partial charge on any atom is -0.378 e. The molecule has 9 nitrogen and oxygen atoms in total. The van der Waals surface area contributed by atoms with Crippen LogP contribution >= 0.6 is 39.1 Å². The monoisotopic (exact) mass is 595 g/mol. The molecule has 0 fully saturated rings. The Morgan fingerprint density at radius 2 is 1.83 bits per heavy atom. The van der Waals surface area contributed by atoms with Gasteiger partial charge in [0, 0.05) is 22.2 Å². The first-order valence-corrected chi connectivity index (χ1v) is 12.3. The molecule has 0 aliphatic rings. The number of halogens is 3. The maximum atomic E-state index is 12.7. The van der Waals surface area contributed by atoms with Gasteiger partial charge in [0.25, 0.3) is 11.6 Å². The first-order chi connectivity index (χ1) is 16.5. The van der Waals surface area contributed by atoms with Gasteiger partial charge in [0.2, 0.25) is 0 Å². The SMILES string of the molecule is N#C/C(=C\c1cc(Br)ccc1OS(=O)(=O)c1ccc([N+](=O)[O-])cc1)C(=O)Nc1cccc(Cl)c1Cl. The molecule has 0 aromatic heterocycles. The summed E-state index contributed by atoms with van der Waals surface area (Å²) in [6.07, 6.45) is 1.14. The molecular formula is C22H12BrCl2N3O6S. The third kappa shape index (κ3) is 6.37. The standard InChI is InChI=1S/C22H12BrCl2N3O6S/c23-15-4-9-20(34-35(32,33)17-7-5-16(6-8-17)28(30)31)13(11-15)10-14(12-26)22(29)27-19-3-1-2-18(24)21(19)25/h1-11H,(H,27,29)/b14-10+. The maximum Gasteiger partial charge on any atom is 0.339 e. The zero-order valence-electron chi connectivity index (χ0n) is 17.2. The van der Waals surface area contributed by atoms with Crippen molar-refractivity contribution in [1.29, 1.82) is 5.26 Å². The number of amides is 1. The average molecular weight is 597 g/mol. The highest BCUT2D eigenvalue weighted by Gasteiger charge is 2.21. The number of nitriles is 1. The van der Waals surface area contributed by atoms with E-state index >= 15 is 0 Å². The molecule has 0 saturated heterocycles. The van der Waals surface area contributed by atoms with E-state index in [1.165, 1.54) is 30.3 Å². The van der Waals surface area contributed by atoms with Gasteiger partial charge in [0.05, 0.1) is 20.7 Å². The lowest BCUT2D eigenvalue weighted by molar-refractivity contribution is -0.384. The van der Waals surface area contributed by atoms with Crippen LogP contribution in [0.5, 0.6) is 5.75 Å². The van der Waals surface area contributed by atoms with Crippen molar-refractivity contribution in [2.24, 2.45) is 0 Å². The van der Waals surface area contributed by atoms with E-state index in [1.54, 1.807) is 12.1 Å². The molecular weight excluding hydrogens is 585 g/mol. The summed E-state index contributed by atoms with van der Waals surface area (Å²) in [5.74, 6) is -1.01. The van der Waals surface area contributed by atoms with Gasteiger partial charge in [0.1, 0.15) is 22.3 Å². The van der Waals surface area contributed by atoms with E-state index < -0.39 is 20.9 Å². The Morgan fingerprint density at radius 1 is 1.14 bits per heavy atom. The lowest BCUT2D eigenvalue weighted by Gasteiger charge is -2.11. The summed E-state index contributed by atoms with van der Waals surface area (Å²) in [5, 5.41) is 23.1. The molecule has 0 radical (unpaired) electrons. The van der Waals surface area contributed by atoms with E-state index in [0.717, 1.165) is 30.3 Å². The molecule has 13 heteroatoms. The van der Waals surface area contributed by atoms with Crippen LogP contribution < -0.4 is 9.50 Å². The molecule has 0 saturated carbocycles. The Balaban J connectivity index is 1.94. The number of hydrogen-bond donors (Lipinski definition) is 1. The summed E-state index contributed by atoms with van der Waals surface area (Å²) in [6.45, 7) is 0. The van der Waals surface area contributed by atoms with E-state index in [0.29, 0.717) is 4.47 Å². The smallest absolute Gasteiger partial charge is 0.339 e. The number of hydrogen-bond acceptors (Lipinski definition) is 7. The summed E-state index contributed by atoms with van der Waals surface area (Å²) in [6, 6.07) is 14.7. The van der Waals surface area contributed by atoms with Gasteiger partial charge in [-0.05, 0) is 48.5 Å². The molecule has 0 aliphatic heterocycles. The lowest BCUT2D eigenvalue weighted by Crippen LogP contribution is -2.14. The average Bonchev–Trinajstić information content (AvgIpc) is 2.82. The van der Waals surface area contributed by atoms with E-state index in [2.05, 4.69) is 21.2 Å². The van der Waals surface area contributed by atoms with E-state index in [1.807, 2.05) is 0 Å². The summed E-state index contributed by atoms with van der Waals surface area (Å²) in [5.41, 5.74) is -0.400. The van der Waals surface area contributed by atoms with Crippen molar-refractivity contribution < 1.29 is 22.3 Å². The molecule has 3 aromatic rings. The number of nitro groups is 1. The van der Waals surface area contributed by atoms with Crippen LogP contribution in [0.15, 0.2) is 75.6 Å². The molecule has 0 unspecified atom stereocenters. The van der Waals surface area contributed by atoms with Gasteiger partial charge in [-0.1, -0.05) is 45.2 Å². The van der Waals surface area contributed by atoms with Crippen molar-refractivity contribution in [3.8, 4) is 11.8 Å². The van der Waals surface area contributed by atoms with Crippen molar-refractivity contribution in [1.82, 2.24) is 0 Å². The van der Waals surface area contributed by atoms with Crippen molar-refractivity contribution >= 4 is 72.6 Å². The van der Waals surface area contributed by atoms with Gasteiger partial charge in [-0.3, -0.25) is 14.9 Å². The molecule has 3 rings (SSSR count). The Hall–Kier alpha value is -3.43. The number of carbonyl (C=O) groups excluding carboxylic acids is 1. The second kappa shape index (κ2) is 10.9. The molecule has 0 heterocycles. The minimum atomic E-state index is -4.40. The fraction of sp³-hybridized carbons (Fsp3) is 0. The Bertz CT molecular complexity index is 1500. The molecule has 1 amide bonds. The second-order valence-electron chi connectivity index (χ2n) is 6.70. The molecule has 1 N–H and O–H groups in total. The predicted molar refractivity (Wildman–Crippen MR) is 134 cm³/mol. The van der Waals surface area contributed by atoms with Gasteiger partial charge < -0.3 is 9.50 Å². The van der Waals surface area contributed by atoms with Gasteiger partial charge >= 0.3 is 10.1 Å². The highest BCUT2D eigenvalue weighted by atomic mass is 79.9. The van der Waals surface area contributed by atoms with Crippen LogP contribution in [0.1, 0.15) is 5.56 Å². The molecule has 0 atom stereocenters. The second-order valence-corrected chi connectivity index (χ2v) is 9.94. The van der Waals surface area contributed by atoms with E-state index in [9.17, 15) is 28.6 Å². The lowest BCUT2D eigenvalue weighted by atomic mass is 10.1. The van der Waals surface area contributed by atoms with Crippen LogP contribution in [0.4, 0.5) is 11.4 Å². The summed E-state index contributed by atoms with van der Waals surface area (Å²) in [4.78, 5) is 22.5. The van der Waals surface area contributed by atoms with Crippen molar-refractivity contribution in [3.05, 3.63) is 96.4 Å². The molecule has 0 aliphatic carbocycles. The van der Waals surface area contributed by atoms with Crippen LogP contribution in [0.25, 0.3) is 6.08 Å². The zero-order valence-corrected chi connectivity index (χ0v) is 21.2. The zero-order chi connectivity index (χ0) is 25.8. The largest absolute Gasteiger partial charge is 0.378 e. The van der Waals surface area contributed by atoms with E-state index in [-0.39, 0.29) is 43.2 Å². The molecule has 3 aromatic carbocycles. The third-order valence-electron chi connectivity index (χ3n) is 4.37. The Kier molecular flexibility index (Phi) is 8.14. The van der Waals surface area contributed by atoms with Crippen molar-refractivity contribution in [2.75, 3.05) is 5.32 Å². The third-order valence-corrected chi connectivity index (χ3v) is 6.93. The number of anilines is 1. The number of carbonyl (C=O) groups is 1. The number of rotatable bonds is 7. The van der Waals surface area contributed by atoms with Gasteiger partial charge in [-0.25, -0.2) is 0 Å². The van der Waals surface area contributed by atoms with Crippen LogP contribution in [-0.2, 0) is 14.9 Å². The molecule has 0 spiro atoms. The highest BCUT2D eigenvalue weighted by molar-refractivity contribution is 9.10. The maximum absolute atomic E-state index is 12.7. The van der Waals surface area contributed by atoms with E-state index in [4.69, 9.17) is 27.4 Å².